The lowest BCUT2D eigenvalue weighted by Crippen LogP contribution is -2.41. The molecule has 0 saturated carbocycles. The number of aryl methyl sites for hydroxylation is 1. The van der Waals surface area contributed by atoms with E-state index >= 15 is 0 Å². The predicted octanol–water partition coefficient (Wildman–Crippen LogP) is 3.11. The van der Waals surface area contributed by atoms with E-state index in [2.05, 4.69) is 4.98 Å². The number of alkyl halides is 3. The first-order chi connectivity index (χ1) is 8.20. The molecule has 0 bridgehead atoms. The van der Waals surface area contributed by atoms with Crippen LogP contribution in [0.25, 0.3) is 0 Å². The summed E-state index contributed by atoms with van der Waals surface area (Å²) in [5, 5.41) is 0. The summed E-state index contributed by atoms with van der Waals surface area (Å²) in [7, 11) is 0. The van der Waals surface area contributed by atoms with Crippen LogP contribution in [0.4, 0.5) is 13.2 Å². The first-order valence-electron chi connectivity index (χ1n) is 5.47. The SMILES string of the molecule is Cc1ncsc1C(=O)N(CC(C)C)CC(F)(F)F. The molecule has 1 rings (SSSR count). The Kier molecular flexibility index (Phi) is 4.72. The van der Waals surface area contributed by atoms with E-state index in [0.717, 1.165) is 16.2 Å². The molecule has 0 atom stereocenters. The third-order valence-electron chi connectivity index (χ3n) is 2.18. The fraction of sp³-hybridized carbons (Fsp3) is 0.636. The van der Waals surface area contributed by atoms with Gasteiger partial charge in [0.05, 0.1) is 11.2 Å². The fourth-order valence-electron chi connectivity index (χ4n) is 1.53. The van der Waals surface area contributed by atoms with Gasteiger partial charge in [-0.25, -0.2) is 4.98 Å². The number of hydrogen-bond donors (Lipinski definition) is 0. The monoisotopic (exact) mass is 280 g/mol. The van der Waals surface area contributed by atoms with E-state index in [-0.39, 0.29) is 17.3 Å². The largest absolute Gasteiger partial charge is 0.406 e. The van der Waals surface area contributed by atoms with E-state index in [0.29, 0.717) is 5.69 Å². The van der Waals surface area contributed by atoms with Crippen molar-refractivity contribution in [1.82, 2.24) is 9.88 Å². The zero-order valence-electron chi connectivity index (χ0n) is 10.4. The van der Waals surface area contributed by atoms with E-state index in [1.807, 2.05) is 0 Å². The molecule has 0 unspecified atom stereocenters. The zero-order chi connectivity index (χ0) is 13.9. The van der Waals surface area contributed by atoms with E-state index in [1.165, 1.54) is 5.51 Å². The van der Waals surface area contributed by atoms with Crippen LogP contribution < -0.4 is 0 Å². The second-order valence-electron chi connectivity index (χ2n) is 4.46. The van der Waals surface area contributed by atoms with Crippen LogP contribution in [-0.2, 0) is 0 Å². The average molecular weight is 280 g/mol. The molecule has 102 valence electrons. The number of halogens is 3. The van der Waals surface area contributed by atoms with Crippen molar-refractivity contribution >= 4 is 17.2 Å². The van der Waals surface area contributed by atoms with Crippen LogP contribution in [-0.4, -0.2) is 35.1 Å². The van der Waals surface area contributed by atoms with Crippen molar-refractivity contribution < 1.29 is 18.0 Å². The van der Waals surface area contributed by atoms with Gasteiger partial charge in [-0.1, -0.05) is 13.8 Å². The van der Waals surface area contributed by atoms with Crippen molar-refractivity contribution in [3.05, 3.63) is 16.1 Å². The van der Waals surface area contributed by atoms with E-state index in [9.17, 15) is 18.0 Å². The van der Waals surface area contributed by atoms with Gasteiger partial charge in [-0.15, -0.1) is 11.3 Å². The Morgan fingerprint density at radius 2 is 2.11 bits per heavy atom. The second kappa shape index (κ2) is 5.69. The summed E-state index contributed by atoms with van der Waals surface area (Å²) in [5.41, 5.74) is 1.94. The highest BCUT2D eigenvalue weighted by atomic mass is 32.1. The summed E-state index contributed by atoms with van der Waals surface area (Å²) in [5.74, 6) is -0.620. The molecule has 0 N–H and O–H groups in total. The Morgan fingerprint density at radius 1 is 1.50 bits per heavy atom. The number of aromatic nitrogens is 1. The quantitative estimate of drug-likeness (QED) is 0.849. The molecule has 18 heavy (non-hydrogen) atoms. The van der Waals surface area contributed by atoms with Gasteiger partial charge < -0.3 is 4.90 Å². The number of rotatable bonds is 4. The van der Waals surface area contributed by atoms with Crippen LogP contribution in [0.2, 0.25) is 0 Å². The summed E-state index contributed by atoms with van der Waals surface area (Å²) in [6.07, 6.45) is -4.39. The molecule has 7 heteroatoms. The third kappa shape index (κ3) is 4.29. The van der Waals surface area contributed by atoms with Gasteiger partial charge in [0, 0.05) is 6.54 Å². The lowest BCUT2D eigenvalue weighted by Gasteiger charge is -2.25. The van der Waals surface area contributed by atoms with Crippen LogP contribution >= 0.6 is 11.3 Å². The fourth-order valence-corrected chi connectivity index (χ4v) is 2.30. The minimum atomic E-state index is -4.39. The molecule has 1 amide bonds. The average Bonchev–Trinajstić information content (AvgIpc) is 2.59. The molecule has 1 heterocycles. The van der Waals surface area contributed by atoms with Crippen molar-refractivity contribution in [2.45, 2.75) is 26.9 Å². The lowest BCUT2D eigenvalue weighted by molar-refractivity contribution is -0.141. The van der Waals surface area contributed by atoms with Crippen molar-refractivity contribution in [3.63, 3.8) is 0 Å². The topological polar surface area (TPSA) is 33.2 Å². The molecule has 0 fully saturated rings. The number of nitrogens with zero attached hydrogens (tertiary/aromatic N) is 2. The predicted molar refractivity (Wildman–Crippen MR) is 63.6 cm³/mol. The molecule has 0 radical (unpaired) electrons. The minimum Gasteiger partial charge on any atom is -0.329 e. The Bertz CT molecular complexity index is 415. The van der Waals surface area contributed by atoms with Gasteiger partial charge in [0.2, 0.25) is 0 Å². The van der Waals surface area contributed by atoms with Gasteiger partial charge in [-0.05, 0) is 12.8 Å². The molecule has 3 nitrogen and oxygen atoms in total. The van der Waals surface area contributed by atoms with Crippen molar-refractivity contribution in [2.75, 3.05) is 13.1 Å². The summed E-state index contributed by atoms with van der Waals surface area (Å²) in [4.78, 5) is 17.0. The first kappa shape index (κ1) is 14.9. The Hall–Kier alpha value is -1.11. The minimum absolute atomic E-state index is 0.0236. The number of thiazole rings is 1. The molecular weight excluding hydrogens is 265 g/mol. The summed E-state index contributed by atoms with van der Waals surface area (Å²) in [6, 6.07) is 0. The van der Waals surface area contributed by atoms with Gasteiger partial charge in [0.25, 0.3) is 5.91 Å². The standard InChI is InChI=1S/C11H15F3N2OS/c1-7(2)4-16(5-11(12,13)14)10(17)9-8(3)15-6-18-9/h6-7H,4-5H2,1-3H3. The maximum absolute atomic E-state index is 12.5. The molecule has 0 spiro atoms. The molecular formula is C11H15F3N2OS. The normalized spacial score (nSPS) is 11.9. The highest BCUT2D eigenvalue weighted by Gasteiger charge is 2.34. The summed E-state index contributed by atoms with van der Waals surface area (Å²) in [6.45, 7) is 4.02. The van der Waals surface area contributed by atoms with E-state index in [4.69, 9.17) is 0 Å². The zero-order valence-corrected chi connectivity index (χ0v) is 11.2. The second-order valence-corrected chi connectivity index (χ2v) is 5.32. The maximum Gasteiger partial charge on any atom is 0.406 e. The molecule has 0 saturated heterocycles. The van der Waals surface area contributed by atoms with Gasteiger partial charge >= 0.3 is 6.18 Å². The Morgan fingerprint density at radius 3 is 2.50 bits per heavy atom. The molecule has 0 aliphatic carbocycles. The van der Waals surface area contributed by atoms with Gasteiger partial charge in [-0.3, -0.25) is 4.79 Å². The smallest absolute Gasteiger partial charge is 0.329 e. The van der Waals surface area contributed by atoms with Gasteiger partial charge in [0.1, 0.15) is 11.4 Å². The molecule has 0 aliphatic heterocycles. The number of carbonyl (C=O) groups is 1. The highest BCUT2D eigenvalue weighted by Crippen LogP contribution is 2.21. The van der Waals surface area contributed by atoms with Crippen LogP contribution in [0.15, 0.2) is 5.51 Å². The molecule has 0 aliphatic rings. The van der Waals surface area contributed by atoms with Gasteiger partial charge in [0.15, 0.2) is 0 Å². The van der Waals surface area contributed by atoms with Gasteiger partial charge in [-0.2, -0.15) is 13.2 Å². The van der Waals surface area contributed by atoms with Crippen LogP contribution in [0, 0.1) is 12.8 Å². The van der Waals surface area contributed by atoms with E-state index in [1.54, 1.807) is 20.8 Å². The molecule has 0 aromatic carbocycles. The maximum atomic E-state index is 12.5. The van der Waals surface area contributed by atoms with Crippen molar-refractivity contribution in [3.8, 4) is 0 Å². The van der Waals surface area contributed by atoms with Crippen LogP contribution in [0.1, 0.15) is 29.2 Å². The van der Waals surface area contributed by atoms with Crippen LogP contribution in [0.5, 0.6) is 0 Å². The Balaban J connectivity index is 2.89. The summed E-state index contributed by atoms with van der Waals surface area (Å²) >= 11 is 1.07. The number of amides is 1. The van der Waals surface area contributed by atoms with Crippen molar-refractivity contribution in [2.24, 2.45) is 5.92 Å². The third-order valence-corrected chi connectivity index (χ3v) is 3.10. The number of hydrogen-bond acceptors (Lipinski definition) is 3. The van der Waals surface area contributed by atoms with Crippen LogP contribution in [0.3, 0.4) is 0 Å². The van der Waals surface area contributed by atoms with Crippen molar-refractivity contribution in [1.29, 1.82) is 0 Å². The lowest BCUT2D eigenvalue weighted by atomic mass is 10.2. The molecule has 1 aromatic rings. The summed E-state index contributed by atoms with van der Waals surface area (Å²) < 4.78 is 37.4. The first-order valence-corrected chi connectivity index (χ1v) is 6.34. The van der Waals surface area contributed by atoms with E-state index < -0.39 is 18.6 Å². The number of carbonyl (C=O) groups excluding carboxylic acids is 1. The molecule has 1 aromatic heterocycles. The Labute approximate surface area is 108 Å². The highest BCUT2D eigenvalue weighted by molar-refractivity contribution is 7.11.